The summed E-state index contributed by atoms with van der Waals surface area (Å²) in [4.78, 5) is 2.66. The van der Waals surface area contributed by atoms with E-state index in [0.29, 0.717) is 12.1 Å². The second-order valence-electron chi connectivity index (χ2n) is 4.91. The Balaban J connectivity index is 1.70. The van der Waals surface area contributed by atoms with Gasteiger partial charge >= 0.3 is 0 Å². The maximum atomic E-state index is 5.73. The van der Waals surface area contributed by atoms with Crippen LogP contribution in [0.5, 0.6) is 0 Å². The molecule has 0 amide bonds. The van der Waals surface area contributed by atoms with Crippen molar-refractivity contribution in [2.45, 2.75) is 31.3 Å². The second-order valence-corrected chi connectivity index (χ2v) is 4.91. The van der Waals surface area contributed by atoms with Crippen LogP contribution in [0.2, 0.25) is 0 Å². The molecule has 0 bridgehead atoms. The Hall–Kier alpha value is -0.860. The zero-order chi connectivity index (χ0) is 10.8. The number of ether oxygens (including phenoxy) is 1. The van der Waals surface area contributed by atoms with Gasteiger partial charge in [0.1, 0.15) is 0 Å². The van der Waals surface area contributed by atoms with E-state index in [1.165, 1.54) is 24.9 Å². The first-order valence-corrected chi connectivity index (χ1v) is 6.31. The normalized spacial score (nSPS) is 30.2. The van der Waals surface area contributed by atoms with E-state index >= 15 is 0 Å². The van der Waals surface area contributed by atoms with Gasteiger partial charge in [0.05, 0.1) is 13.2 Å². The quantitative estimate of drug-likeness (QED) is 0.752. The van der Waals surface area contributed by atoms with Crippen LogP contribution >= 0.6 is 0 Å². The summed E-state index contributed by atoms with van der Waals surface area (Å²) in [5.74, 6) is 0. The molecule has 2 fully saturated rings. The first-order valence-electron chi connectivity index (χ1n) is 6.31. The molecule has 2 atom stereocenters. The fourth-order valence-corrected chi connectivity index (χ4v) is 3.02. The Bertz CT molecular complexity index is 338. The monoisotopic (exact) mass is 217 g/mol. The molecule has 0 spiro atoms. The highest BCUT2D eigenvalue weighted by atomic mass is 16.5. The Morgan fingerprint density at radius 2 is 2.06 bits per heavy atom. The number of rotatable bonds is 2. The summed E-state index contributed by atoms with van der Waals surface area (Å²) in [5.41, 5.74) is 1.43. The molecule has 0 N–H and O–H groups in total. The van der Waals surface area contributed by atoms with Crippen LogP contribution in [0.3, 0.4) is 0 Å². The van der Waals surface area contributed by atoms with Crippen molar-refractivity contribution in [3.8, 4) is 0 Å². The lowest BCUT2D eigenvalue weighted by molar-refractivity contribution is -0.0294. The molecule has 1 aromatic rings. The molecule has 2 heteroatoms. The van der Waals surface area contributed by atoms with E-state index in [2.05, 4.69) is 35.2 Å². The fourth-order valence-electron chi connectivity index (χ4n) is 3.02. The van der Waals surface area contributed by atoms with E-state index in [9.17, 15) is 0 Å². The fraction of sp³-hybridized carbons (Fsp3) is 0.571. The van der Waals surface area contributed by atoms with E-state index in [1.54, 1.807) is 0 Å². The van der Waals surface area contributed by atoms with Crippen molar-refractivity contribution in [2.24, 2.45) is 0 Å². The van der Waals surface area contributed by atoms with Crippen LogP contribution in [0.25, 0.3) is 0 Å². The predicted octanol–water partition coefficient (Wildman–Crippen LogP) is 2.09. The number of nitrogens with zero attached hydrogens (tertiary/aromatic N) is 1. The van der Waals surface area contributed by atoms with Crippen LogP contribution in [0, 0.1) is 0 Å². The van der Waals surface area contributed by atoms with Gasteiger partial charge < -0.3 is 4.74 Å². The van der Waals surface area contributed by atoms with Gasteiger partial charge in [0.25, 0.3) is 0 Å². The van der Waals surface area contributed by atoms with Crippen molar-refractivity contribution in [2.75, 3.05) is 19.8 Å². The highest BCUT2D eigenvalue weighted by molar-refractivity contribution is 5.16. The zero-order valence-corrected chi connectivity index (χ0v) is 9.64. The van der Waals surface area contributed by atoms with E-state index in [0.717, 1.165) is 19.6 Å². The van der Waals surface area contributed by atoms with E-state index < -0.39 is 0 Å². The van der Waals surface area contributed by atoms with Crippen LogP contribution in [0.1, 0.15) is 18.4 Å². The number of fused-ring (bicyclic) bond motifs is 1. The lowest BCUT2D eigenvalue weighted by Gasteiger charge is -2.37. The first-order chi connectivity index (χ1) is 7.93. The van der Waals surface area contributed by atoms with Gasteiger partial charge in [-0.1, -0.05) is 30.3 Å². The molecular weight excluding hydrogens is 198 g/mol. The Morgan fingerprint density at radius 3 is 2.94 bits per heavy atom. The van der Waals surface area contributed by atoms with Gasteiger partial charge in [-0.25, -0.2) is 0 Å². The molecule has 16 heavy (non-hydrogen) atoms. The van der Waals surface area contributed by atoms with E-state index in [1.807, 2.05) is 0 Å². The molecule has 86 valence electrons. The van der Waals surface area contributed by atoms with Crippen molar-refractivity contribution in [1.29, 1.82) is 0 Å². The second kappa shape index (κ2) is 4.56. The van der Waals surface area contributed by atoms with Crippen LogP contribution in [0.4, 0.5) is 0 Å². The molecule has 1 aromatic carbocycles. The maximum absolute atomic E-state index is 5.73. The van der Waals surface area contributed by atoms with Crippen molar-refractivity contribution >= 4 is 0 Å². The molecule has 0 radical (unpaired) electrons. The van der Waals surface area contributed by atoms with Crippen LogP contribution in [-0.2, 0) is 11.2 Å². The molecule has 2 aliphatic heterocycles. The van der Waals surface area contributed by atoms with Gasteiger partial charge in [-0.3, -0.25) is 4.90 Å². The average Bonchev–Trinajstić information content (AvgIpc) is 2.80. The van der Waals surface area contributed by atoms with E-state index in [4.69, 9.17) is 4.74 Å². The minimum atomic E-state index is 0.601. The van der Waals surface area contributed by atoms with Crippen LogP contribution < -0.4 is 0 Å². The summed E-state index contributed by atoms with van der Waals surface area (Å²) in [6, 6.07) is 12.1. The molecule has 2 saturated heterocycles. The number of morpholine rings is 1. The molecule has 3 rings (SSSR count). The van der Waals surface area contributed by atoms with E-state index in [-0.39, 0.29) is 0 Å². The summed E-state index contributed by atoms with van der Waals surface area (Å²) < 4.78 is 5.73. The van der Waals surface area contributed by atoms with Crippen molar-refractivity contribution in [3.05, 3.63) is 35.9 Å². The Morgan fingerprint density at radius 1 is 1.19 bits per heavy atom. The topological polar surface area (TPSA) is 12.5 Å². The molecular formula is C14H19NO. The zero-order valence-electron chi connectivity index (χ0n) is 9.64. The Kier molecular flexibility index (Phi) is 2.94. The summed E-state index contributed by atoms with van der Waals surface area (Å²) in [7, 11) is 0. The van der Waals surface area contributed by atoms with Crippen molar-refractivity contribution < 1.29 is 4.74 Å². The smallest absolute Gasteiger partial charge is 0.0626 e. The molecule has 0 aliphatic carbocycles. The molecule has 2 aliphatic rings. The van der Waals surface area contributed by atoms with Crippen molar-refractivity contribution in [1.82, 2.24) is 4.90 Å². The molecule has 0 saturated carbocycles. The number of hydrogen-bond acceptors (Lipinski definition) is 2. The first kappa shape index (κ1) is 10.3. The standard InChI is InChI=1S/C14H19NO/c1-2-5-12(6-3-1)9-14-11-16-10-13-7-4-8-15(13)14/h1-3,5-6,13-14H,4,7-11H2. The Labute approximate surface area is 97.2 Å². The third-order valence-corrected chi connectivity index (χ3v) is 3.83. The molecule has 2 nitrogen and oxygen atoms in total. The highest BCUT2D eigenvalue weighted by Gasteiger charge is 2.34. The highest BCUT2D eigenvalue weighted by Crippen LogP contribution is 2.25. The van der Waals surface area contributed by atoms with Gasteiger partial charge in [0, 0.05) is 12.1 Å². The van der Waals surface area contributed by atoms with Gasteiger partial charge in [0.15, 0.2) is 0 Å². The summed E-state index contributed by atoms with van der Waals surface area (Å²) in [6.45, 7) is 3.13. The summed E-state index contributed by atoms with van der Waals surface area (Å²) in [6.07, 6.45) is 3.81. The van der Waals surface area contributed by atoms with Gasteiger partial charge in [-0.05, 0) is 31.4 Å². The third-order valence-electron chi connectivity index (χ3n) is 3.83. The number of hydrogen-bond donors (Lipinski definition) is 0. The minimum absolute atomic E-state index is 0.601. The SMILES string of the molecule is c1ccc(CC2COCC3CCCN32)cc1. The molecule has 0 aromatic heterocycles. The molecule has 2 heterocycles. The lowest BCUT2D eigenvalue weighted by atomic mass is 10.0. The largest absolute Gasteiger partial charge is 0.378 e. The lowest BCUT2D eigenvalue weighted by Crippen LogP contribution is -2.49. The minimum Gasteiger partial charge on any atom is -0.378 e. The molecule has 2 unspecified atom stereocenters. The van der Waals surface area contributed by atoms with Gasteiger partial charge in [0.2, 0.25) is 0 Å². The van der Waals surface area contributed by atoms with Gasteiger partial charge in [-0.2, -0.15) is 0 Å². The maximum Gasteiger partial charge on any atom is 0.0626 e. The average molecular weight is 217 g/mol. The van der Waals surface area contributed by atoms with Crippen LogP contribution in [0.15, 0.2) is 30.3 Å². The van der Waals surface area contributed by atoms with Crippen molar-refractivity contribution in [3.63, 3.8) is 0 Å². The van der Waals surface area contributed by atoms with Crippen LogP contribution in [-0.4, -0.2) is 36.7 Å². The number of benzene rings is 1. The third kappa shape index (κ3) is 2.00. The summed E-state index contributed by atoms with van der Waals surface area (Å²) in [5, 5.41) is 0. The van der Waals surface area contributed by atoms with Gasteiger partial charge in [-0.15, -0.1) is 0 Å². The summed E-state index contributed by atoms with van der Waals surface area (Å²) >= 11 is 0. The predicted molar refractivity (Wildman–Crippen MR) is 64.5 cm³/mol.